The van der Waals surface area contributed by atoms with E-state index in [-0.39, 0.29) is 17.9 Å². The number of benzene rings is 2. The van der Waals surface area contributed by atoms with E-state index < -0.39 is 0 Å². The number of likely N-dealkylation sites (N-methyl/N-ethyl adjacent to an activating group) is 1. The van der Waals surface area contributed by atoms with E-state index in [4.69, 9.17) is 24.4 Å². The number of nitrogens with zero attached hydrogens (tertiary/aromatic N) is 6. The highest BCUT2D eigenvalue weighted by atomic mass is 16.5. The van der Waals surface area contributed by atoms with E-state index in [2.05, 4.69) is 20.4 Å². The van der Waals surface area contributed by atoms with Gasteiger partial charge < -0.3 is 34.8 Å². The molecule has 3 aromatic rings. The van der Waals surface area contributed by atoms with E-state index in [0.29, 0.717) is 61.2 Å². The van der Waals surface area contributed by atoms with Crippen LogP contribution < -0.4 is 15.5 Å². The average Bonchev–Trinajstić information content (AvgIpc) is 3.57. The summed E-state index contributed by atoms with van der Waals surface area (Å²) in [5, 5.41) is 5.72. The van der Waals surface area contributed by atoms with E-state index in [1.807, 2.05) is 43.3 Å². The summed E-state index contributed by atoms with van der Waals surface area (Å²) in [5.74, 6) is 2.33. The third-order valence-corrected chi connectivity index (χ3v) is 8.49. The zero-order valence-corrected chi connectivity index (χ0v) is 25.4. The summed E-state index contributed by atoms with van der Waals surface area (Å²) in [7, 11) is 4.08. The fourth-order valence-corrected chi connectivity index (χ4v) is 5.78. The number of carbonyl (C=O) groups is 2. The Balaban J connectivity index is 1.09. The van der Waals surface area contributed by atoms with Crippen LogP contribution in [0.15, 0.2) is 48.5 Å². The van der Waals surface area contributed by atoms with Gasteiger partial charge in [-0.2, -0.15) is 9.97 Å². The molecule has 1 aromatic heterocycles. The second kappa shape index (κ2) is 13.7. The second-order valence-electron chi connectivity index (χ2n) is 11.7. The Bertz CT molecular complexity index is 1400. The molecule has 0 saturated carbocycles. The Morgan fingerprint density at radius 3 is 2.07 bits per heavy atom. The molecule has 1 atom stereocenters. The van der Waals surface area contributed by atoms with Crippen LogP contribution in [0.2, 0.25) is 0 Å². The summed E-state index contributed by atoms with van der Waals surface area (Å²) in [4.78, 5) is 46.4. The van der Waals surface area contributed by atoms with E-state index >= 15 is 0 Å². The van der Waals surface area contributed by atoms with Crippen molar-refractivity contribution in [2.24, 2.45) is 0 Å². The minimum atomic E-state index is -0.373. The highest BCUT2D eigenvalue weighted by Gasteiger charge is 2.28. The van der Waals surface area contributed by atoms with Gasteiger partial charge >= 0.3 is 6.03 Å². The number of hydrogen-bond donors (Lipinski definition) is 2. The van der Waals surface area contributed by atoms with Gasteiger partial charge in [0.2, 0.25) is 5.95 Å². The predicted octanol–water partition coefficient (Wildman–Crippen LogP) is 3.69. The molecule has 3 aliphatic rings. The van der Waals surface area contributed by atoms with Crippen molar-refractivity contribution in [3.8, 4) is 11.4 Å². The minimum Gasteiger partial charge on any atom is -0.381 e. The number of aromatic nitrogens is 3. The largest absolute Gasteiger partial charge is 0.381 e. The van der Waals surface area contributed by atoms with Crippen molar-refractivity contribution in [1.29, 1.82) is 0 Å². The number of morpholine rings is 1. The number of hydrogen-bond acceptors (Lipinski definition) is 9. The first-order valence-corrected chi connectivity index (χ1v) is 15.3. The molecule has 3 saturated heterocycles. The number of urea groups is 1. The Morgan fingerprint density at radius 2 is 1.43 bits per heavy atom. The average molecular weight is 601 g/mol. The van der Waals surface area contributed by atoms with Crippen molar-refractivity contribution < 1.29 is 19.1 Å². The van der Waals surface area contributed by atoms with Crippen molar-refractivity contribution in [1.82, 2.24) is 24.8 Å². The lowest BCUT2D eigenvalue weighted by Gasteiger charge is -2.28. The summed E-state index contributed by atoms with van der Waals surface area (Å²) < 4.78 is 11.1. The minimum absolute atomic E-state index is 0.0144. The molecule has 3 aliphatic heterocycles. The Kier molecular flexibility index (Phi) is 9.29. The van der Waals surface area contributed by atoms with Crippen molar-refractivity contribution in [3.63, 3.8) is 0 Å². The topological polar surface area (TPSA) is 125 Å². The summed E-state index contributed by atoms with van der Waals surface area (Å²) in [6, 6.07) is 14.5. The molecular weight excluding hydrogens is 560 g/mol. The van der Waals surface area contributed by atoms with Crippen LogP contribution in [0.1, 0.15) is 41.4 Å². The van der Waals surface area contributed by atoms with Gasteiger partial charge in [0.1, 0.15) is 5.82 Å². The van der Waals surface area contributed by atoms with Crippen molar-refractivity contribution in [3.05, 3.63) is 59.9 Å². The molecule has 6 rings (SSSR count). The van der Waals surface area contributed by atoms with Crippen LogP contribution in [-0.4, -0.2) is 109 Å². The first-order valence-electron chi connectivity index (χ1n) is 15.3. The molecule has 4 heterocycles. The zero-order chi connectivity index (χ0) is 30.5. The molecule has 44 heavy (non-hydrogen) atoms. The first-order chi connectivity index (χ1) is 21.4. The van der Waals surface area contributed by atoms with Gasteiger partial charge in [-0.1, -0.05) is 0 Å². The lowest BCUT2D eigenvalue weighted by Crippen LogP contribution is -2.37. The van der Waals surface area contributed by atoms with Crippen LogP contribution in [0, 0.1) is 0 Å². The van der Waals surface area contributed by atoms with Gasteiger partial charge in [0.15, 0.2) is 5.82 Å². The van der Waals surface area contributed by atoms with E-state index in [9.17, 15) is 9.59 Å². The molecule has 3 fully saturated rings. The van der Waals surface area contributed by atoms with Crippen LogP contribution in [0.5, 0.6) is 0 Å². The van der Waals surface area contributed by atoms with Gasteiger partial charge in [0, 0.05) is 73.9 Å². The number of rotatable bonds is 7. The first kappa shape index (κ1) is 29.9. The second-order valence-corrected chi connectivity index (χ2v) is 11.7. The Morgan fingerprint density at radius 1 is 0.795 bits per heavy atom. The van der Waals surface area contributed by atoms with E-state index in [0.717, 1.165) is 56.8 Å². The fourth-order valence-electron chi connectivity index (χ4n) is 5.78. The molecule has 0 aliphatic carbocycles. The molecule has 2 aromatic carbocycles. The van der Waals surface area contributed by atoms with Crippen molar-refractivity contribution in [2.45, 2.75) is 31.2 Å². The summed E-state index contributed by atoms with van der Waals surface area (Å²) in [6.07, 6.45) is 2.75. The highest BCUT2D eigenvalue weighted by molar-refractivity contribution is 6.00. The Labute approximate surface area is 257 Å². The van der Waals surface area contributed by atoms with Gasteiger partial charge in [-0.3, -0.25) is 4.79 Å². The lowest BCUT2D eigenvalue weighted by atomic mass is 9.99. The Hall–Kier alpha value is -4.13. The molecule has 1 unspecified atom stereocenters. The number of nitrogens with one attached hydrogen (secondary N) is 2. The van der Waals surface area contributed by atoms with E-state index in [1.54, 1.807) is 24.3 Å². The third-order valence-electron chi connectivity index (χ3n) is 8.49. The van der Waals surface area contributed by atoms with Gasteiger partial charge in [-0.05, 0) is 81.9 Å². The number of anilines is 3. The molecule has 3 amide bonds. The van der Waals surface area contributed by atoms with Crippen LogP contribution >= 0.6 is 0 Å². The van der Waals surface area contributed by atoms with Crippen LogP contribution in [0.4, 0.5) is 22.1 Å². The molecular formula is C32H40N8O4. The number of amides is 3. The molecule has 12 heteroatoms. The maximum Gasteiger partial charge on any atom is 0.323 e. The standard InChI is InChI=1S/C32H40N8O4/c1-38(2)27-11-14-40(21-27)30(41)24-5-9-26(10-6-24)34-32(42)33-25-7-3-22(4-8-25)28-35-29(23-12-17-43-18-13-23)37-31(36-28)39-15-19-44-20-16-39/h3-10,23,27H,11-21H2,1-2H3,(H2,33,34,42). The fraction of sp³-hybridized carbons (Fsp3) is 0.469. The number of ether oxygens (including phenoxy) is 2. The molecule has 232 valence electrons. The third kappa shape index (κ3) is 7.15. The van der Waals surface area contributed by atoms with Crippen molar-refractivity contribution in [2.75, 3.05) is 82.2 Å². The van der Waals surface area contributed by atoms with Gasteiger partial charge in [0.25, 0.3) is 5.91 Å². The molecule has 12 nitrogen and oxygen atoms in total. The maximum atomic E-state index is 12.9. The quantitative estimate of drug-likeness (QED) is 0.418. The zero-order valence-electron chi connectivity index (χ0n) is 25.4. The maximum absolute atomic E-state index is 12.9. The van der Waals surface area contributed by atoms with Crippen LogP contribution in [0.3, 0.4) is 0 Å². The van der Waals surface area contributed by atoms with Crippen LogP contribution in [-0.2, 0) is 9.47 Å². The molecule has 0 bridgehead atoms. The lowest BCUT2D eigenvalue weighted by molar-refractivity contribution is 0.0783. The number of likely N-dealkylation sites (tertiary alicyclic amines) is 1. The van der Waals surface area contributed by atoms with Gasteiger partial charge in [-0.15, -0.1) is 0 Å². The van der Waals surface area contributed by atoms with Crippen LogP contribution in [0.25, 0.3) is 11.4 Å². The summed E-state index contributed by atoms with van der Waals surface area (Å²) in [6.45, 7) is 5.67. The van der Waals surface area contributed by atoms with E-state index in [1.165, 1.54) is 0 Å². The molecule has 2 N–H and O–H groups in total. The molecule has 0 radical (unpaired) electrons. The SMILES string of the molecule is CN(C)C1CCN(C(=O)c2ccc(NC(=O)Nc3ccc(-c4nc(C5CCOCC5)nc(N5CCOCC5)n4)cc3)cc2)C1. The normalized spacial score (nSPS) is 19.3. The summed E-state index contributed by atoms with van der Waals surface area (Å²) in [5.41, 5.74) is 2.69. The molecule has 0 spiro atoms. The monoisotopic (exact) mass is 600 g/mol. The number of carbonyl (C=O) groups excluding carboxylic acids is 2. The smallest absolute Gasteiger partial charge is 0.323 e. The summed E-state index contributed by atoms with van der Waals surface area (Å²) >= 11 is 0. The van der Waals surface area contributed by atoms with Gasteiger partial charge in [0.05, 0.1) is 13.2 Å². The predicted molar refractivity (Wildman–Crippen MR) is 168 cm³/mol. The van der Waals surface area contributed by atoms with Crippen molar-refractivity contribution >= 4 is 29.3 Å². The van der Waals surface area contributed by atoms with Gasteiger partial charge in [-0.25, -0.2) is 9.78 Å². The highest BCUT2D eigenvalue weighted by Crippen LogP contribution is 2.28.